The van der Waals surface area contributed by atoms with E-state index in [1.54, 1.807) is 24.0 Å². The Morgan fingerprint density at radius 2 is 1.81 bits per heavy atom. The third-order valence-corrected chi connectivity index (χ3v) is 5.85. The third kappa shape index (κ3) is 3.66. The Balaban J connectivity index is 1.36. The summed E-state index contributed by atoms with van der Waals surface area (Å²) in [7, 11) is 0. The lowest BCUT2D eigenvalue weighted by Crippen LogP contribution is -2.56. The average Bonchev–Trinajstić information content (AvgIpc) is 3.45. The summed E-state index contributed by atoms with van der Waals surface area (Å²) in [6, 6.07) is 17.4. The minimum atomic E-state index is -0.701. The number of hydrogen-bond donors (Lipinski definition) is 2. The lowest BCUT2D eigenvalue weighted by Gasteiger charge is -2.39. The third-order valence-electron chi connectivity index (χ3n) is 5.85. The summed E-state index contributed by atoms with van der Waals surface area (Å²) >= 11 is 0. The highest BCUT2D eigenvalue weighted by molar-refractivity contribution is 6.10. The molecule has 2 atom stereocenters. The van der Waals surface area contributed by atoms with Gasteiger partial charge in [0.15, 0.2) is 12.0 Å². The Morgan fingerprint density at radius 1 is 1.03 bits per heavy atom. The molecular weight excluding hydrogens is 394 g/mol. The second-order valence-corrected chi connectivity index (χ2v) is 7.90. The van der Waals surface area contributed by atoms with Crippen molar-refractivity contribution in [2.24, 2.45) is 0 Å². The van der Waals surface area contributed by atoms with Gasteiger partial charge in [0.25, 0.3) is 5.91 Å². The van der Waals surface area contributed by atoms with Gasteiger partial charge in [-0.15, -0.1) is 0 Å². The van der Waals surface area contributed by atoms with Gasteiger partial charge < -0.3 is 24.1 Å². The summed E-state index contributed by atoms with van der Waals surface area (Å²) < 4.78 is 11.6. The molecule has 2 unspecified atom stereocenters. The summed E-state index contributed by atoms with van der Waals surface area (Å²) in [6.07, 6.45) is 0.291. The van der Waals surface area contributed by atoms with Crippen molar-refractivity contribution in [3.05, 3.63) is 66.6 Å². The molecule has 2 aromatic carbocycles. The van der Waals surface area contributed by atoms with E-state index in [1.807, 2.05) is 36.4 Å². The van der Waals surface area contributed by atoms with Gasteiger partial charge in [0.2, 0.25) is 0 Å². The first-order chi connectivity index (χ1) is 15.1. The number of fused-ring (bicyclic) bond motifs is 3. The zero-order valence-electron chi connectivity index (χ0n) is 17.3. The predicted octanol–water partition coefficient (Wildman–Crippen LogP) is 3.46. The number of ether oxygens (including phenoxy) is 1. The first kappa shape index (κ1) is 19.7. The topological polar surface area (TPSA) is 81.9 Å². The molecule has 2 aromatic heterocycles. The molecule has 7 nitrogen and oxygen atoms in total. The molecule has 31 heavy (non-hydrogen) atoms. The van der Waals surface area contributed by atoms with Crippen LogP contribution in [0, 0.1) is 0 Å². The van der Waals surface area contributed by atoms with Crippen molar-refractivity contribution in [2.45, 2.75) is 19.3 Å². The number of aliphatic hydroxyl groups is 1. The molecule has 2 N–H and O–H groups in total. The molecule has 4 aromatic rings. The second kappa shape index (κ2) is 8.09. The van der Waals surface area contributed by atoms with Crippen LogP contribution in [0.3, 0.4) is 0 Å². The van der Waals surface area contributed by atoms with Crippen molar-refractivity contribution in [3.8, 4) is 5.75 Å². The highest BCUT2D eigenvalue weighted by Crippen LogP contribution is 2.34. The van der Waals surface area contributed by atoms with E-state index in [0.717, 1.165) is 27.6 Å². The predicted molar refractivity (Wildman–Crippen MR) is 118 cm³/mol. The maximum Gasteiger partial charge on any atom is 0.289 e. The molecule has 160 valence electrons. The highest BCUT2D eigenvalue weighted by atomic mass is 16.5. The van der Waals surface area contributed by atoms with E-state index in [1.165, 1.54) is 6.26 Å². The molecule has 0 aliphatic carbocycles. The molecule has 1 aliphatic heterocycles. The molecule has 5 rings (SSSR count). The van der Waals surface area contributed by atoms with Crippen LogP contribution in [0.5, 0.6) is 5.75 Å². The number of hydrogen-bond acceptors (Lipinski definition) is 5. The van der Waals surface area contributed by atoms with E-state index in [-0.39, 0.29) is 5.91 Å². The standard InChI is InChI=1S/C24H25N3O4/c1-16(28)24(27-13-11-26(12-14-27)23(29)21-10-5-15-30-21)31-20-9-4-8-19-22(20)17-6-2-3-7-18(17)25-19/h2-10,15-16,24-25,28H,11-14H2,1H3. The van der Waals surface area contributed by atoms with Gasteiger partial charge in [-0.2, -0.15) is 0 Å². The first-order valence-electron chi connectivity index (χ1n) is 10.5. The number of aromatic nitrogens is 1. The van der Waals surface area contributed by atoms with E-state index >= 15 is 0 Å². The number of benzene rings is 2. The zero-order valence-corrected chi connectivity index (χ0v) is 17.3. The molecule has 1 amide bonds. The van der Waals surface area contributed by atoms with Crippen LogP contribution in [-0.4, -0.2) is 64.3 Å². The number of carbonyl (C=O) groups is 1. The summed E-state index contributed by atoms with van der Waals surface area (Å²) in [5, 5.41) is 12.6. The summed E-state index contributed by atoms with van der Waals surface area (Å²) in [6.45, 7) is 4.03. The fourth-order valence-electron chi connectivity index (χ4n) is 4.31. The van der Waals surface area contributed by atoms with Gasteiger partial charge >= 0.3 is 0 Å². The number of aliphatic hydroxyl groups excluding tert-OH is 1. The van der Waals surface area contributed by atoms with Crippen LogP contribution in [0.25, 0.3) is 21.8 Å². The number of nitrogens with zero attached hydrogens (tertiary/aromatic N) is 2. The molecule has 0 radical (unpaired) electrons. The minimum absolute atomic E-state index is 0.109. The average molecular weight is 419 g/mol. The Labute approximate surface area is 179 Å². The fourth-order valence-corrected chi connectivity index (χ4v) is 4.31. The number of piperazine rings is 1. The van der Waals surface area contributed by atoms with E-state index in [2.05, 4.69) is 16.0 Å². The van der Waals surface area contributed by atoms with Gasteiger partial charge in [-0.25, -0.2) is 0 Å². The van der Waals surface area contributed by atoms with Crippen LogP contribution >= 0.6 is 0 Å². The van der Waals surface area contributed by atoms with Crippen molar-refractivity contribution in [3.63, 3.8) is 0 Å². The SMILES string of the molecule is CC(O)C(Oc1cccc2[nH]c3ccccc3c12)N1CCN(C(=O)c2ccco2)CC1. The molecule has 1 aliphatic rings. The van der Waals surface area contributed by atoms with Crippen molar-refractivity contribution in [1.82, 2.24) is 14.8 Å². The van der Waals surface area contributed by atoms with Crippen LogP contribution in [0.2, 0.25) is 0 Å². The number of furan rings is 1. The van der Waals surface area contributed by atoms with Crippen LogP contribution < -0.4 is 4.74 Å². The second-order valence-electron chi connectivity index (χ2n) is 7.90. The van der Waals surface area contributed by atoms with Crippen LogP contribution in [0.1, 0.15) is 17.5 Å². The number of para-hydroxylation sites is 1. The number of carbonyl (C=O) groups excluding carboxylic acids is 1. The number of aromatic amines is 1. The number of nitrogens with one attached hydrogen (secondary N) is 1. The van der Waals surface area contributed by atoms with Crippen LogP contribution in [-0.2, 0) is 0 Å². The lowest BCUT2D eigenvalue weighted by atomic mass is 10.1. The summed E-state index contributed by atoms with van der Waals surface area (Å²) in [4.78, 5) is 19.8. The summed E-state index contributed by atoms with van der Waals surface area (Å²) in [5.41, 5.74) is 2.05. The zero-order chi connectivity index (χ0) is 21.4. The van der Waals surface area contributed by atoms with Gasteiger partial charge in [-0.3, -0.25) is 9.69 Å². The summed E-state index contributed by atoms with van der Waals surface area (Å²) in [5.74, 6) is 0.973. The molecule has 1 fully saturated rings. The smallest absolute Gasteiger partial charge is 0.289 e. The van der Waals surface area contributed by atoms with Gasteiger partial charge in [0, 0.05) is 42.5 Å². The van der Waals surface area contributed by atoms with E-state index in [0.29, 0.717) is 31.9 Å². The van der Waals surface area contributed by atoms with Crippen LogP contribution in [0.4, 0.5) is 0 Å². The minimum Gasteiger partial charge on any atom is -0.472 e. The van der Waals surface area contributed by atoms with Gasteiger partial charge in [0.05, 0.1) is 11.8 Å². The Hall–Kier alpha value is -3.29. The largest absolute Gasteiger partial charge is 0.472 e. The van der Waals surface area contributed by atoms with Gasteiger partial charge in [-0.1, -0.05) is 24.3 Å². The number of amides is 1. The normalized spacial score (nSPS) is 17.2. The van der Waals surface area contributed by atoms with E-state index in [9.17, 15) is 9.90 Å². The molecule has 0 bridgehead atoms. The van der Waals surface area contributed by atoms with Gasteiger partial charge in [-0.05, 0) is 37.3 Å². The van der Waals surface area contributed by atoms with E-state index in [4.69, 9.17) is 9.15 Å². The van der Waals surface area contributed by atoms with Crippen molar-refractivity contribution < 1.29 is 19.1 Å². The quantitative estimate of drug-likeness (QED) is 0.518. The lowest BCUT2D eigenvalue weighted by molar-refractivity contribution is -0.0710. The maximum atomic E-state index is 12.5. The fraction of sp³-hybridized carbons (Fsp3) is 0.292. The monoisotopic (exact) mass is 419 g/mol. The molecule has 0 spiro atoms. The number of H-pyrrole nitrogens is 1. The van der Waals surface area contributed by atoms with E-state index < -0.39 is 12.3 Å². The highest BCUT2D eigenvalue weighted by Gasteiger charge is 2.31. The molecular formula is C24H25N3O4. The van der Waals surface area contributed by atoms with Crippen molar-refractivity contribution in [1.29, 1.82) is 0 Å². The molecule has 7 heteroatoms. The molecule has 3 heterocycles. The Morgan fingerprint density at radius 3 is 2.55 bits per heavy atom. The Bertz CT molecular complexity index is 1190. The molecule has 1 saturated heterocycles. The Kier molecular flexibility index (Phi) is 5.13. The maximum absolute atomic E-state index is 12.5. The van der Waals surface area contributed by atoms with Crippen LogP contribution in [0.15, 0.2) is 65.3 Å². The number of rotatable bonds is 5. The molecule has 0 saturated carbocycles. The van der Waals surface area contributed by atoms with Gasteiger partial charge in [0.1, 0.15) is 11.9 Å². The van der Waals surface area contributed by atoms with Crippen molar-refractivity contribution in [2.75, 3.05) is 26.2 Å². The van der Waals surface area contributed by atoms with Crippen molar-refractivity contribution >= 4 is 27.7 Å². The first-order valence-corrected chi connectivity index (χ1v) is 10.5.